The Kier molecular flexibility index (Phi) is 2.88. The first-order valence-corrected chi connectivity index (χ1v) is 5.20. The van der Waals surface area contributed by atoms with Gasteiger partial charge < -0.3 is 5.73 Å². The zero-order valence-electron chi connectivity index (χ0n) is 9.18. The van der Waals surface area contributed by atoms with Gasteiger partial charge in [0.05, 0.1) is 0 Å². The quantitative estimate of drug-likeness (QED) is 0.825. The molecule has 0 aliphatic rings. The Morgan fingerprint density at radius 1 is 1.19 bits per heavy atom. The van der Waals surface area contributed by atoms with Crippen LogP contribution in [0.2, 0.25) is 0 Å². The van der Waals surface area contributed by atoms with Gasteiger partial charge in [-0.15, -0.1) is 0 Å². The Balaban J connectivity index is 2.56. The Labute approximate surface area is 94.1 Å². The van der Waals surface area contributed by atoms with Crippen molar-refractivity contribution in [1.29, 1.82) is 0 Å². The smallest absolute Gasteiger partial charge is 0.259 e. The molecule has 1 aromatic carbocycles. The van der Waals surface area contributed by atoms with Crippen LogP contribution in [0, 0.1) is 6.92 Å². The number of nitrogens with two attached hydrogens (primary N) is 1. The lowest BCUT2D eigenvalue weighted by molar-refractivity contribution is 0.924. The third kappa shape index (κ3) is 1.90. The fourth-order valence-electron chi connectivity index (χ4n) is 1.60. The van der Waals surface area contributed by atoms with Gasteiger partial charge in [0.25, 0.3) is 5.56 Å². The Bertz CT molecular complexity index is 541. The van der Waals surface area contributed by atoms with Gasteiger partial charge in [0.2, 0.25) is 0 Å². The Morgan fingerprint density at radius 3 is 2.50 bits per heavy atom. The molecule has 3 heteroatoms. The van der Waals surface area contributed by atoms with Crippen molar-refractivity contribution in [2.45, 2.75) is 13.5 Å². The number of aromatic nitrogens is 1. The first kappa shape index (κ1) is 10.6. The number of aryl methyl sites for hydroxylation is 1. The molecule has 0 saturated carbocycles. The summed E-state index contributed by atoms with van der Waals surface area (Å²) in [5, 5.41) is 0. The van der Waals surface area contributed by atoms with Crippen molar-refractivity contribution in [3.8, 4) is 5.69 Å². The molecular formula is C13H14N2O. The minimum atomic E-state index is -0.0474. The van der Waals surface area contributed by atoms with Crippen LogP contribution in [0.4, 0.5) is 0 Å². The van der Waals surface area contributed by atoms with Crippen LogP contribution in [-0.2, 0) is 6.54 Å². The summed E-state index contributed by atoms with van der Waals surface area (Å²) in [7, 11) is 0. The van der Waals surface area contributed by atoms with Gasteiger partial charge in [0.1, 0.15) is 0 Å². The number of hydrogen-bond donors (Lipinski definition) is 1. The van der Waals surface area contributed by atoms with Gasteiger partial charge in [-0.1, -0.05) is 23.8 Å². The maximum Gasteiger partial charge on any atom is 0.259 e. The molecule has 2 N–H and O–H groups in total. The van der Waals surface area contributed by atoms with E-state index < -0.39 is 0 Å². The van der Waals surface area contributed by atoms with Gasteiger partial charge in [0, 0.05) is 24.0 Å². The zero-order valence-corrected chi connectivity index (χ0v) is 9.18. The molecule has 0 aliphatic heterocycles. The van der Waals surface area contributed by atoms with Crippen molar-refractivity contribution in [2.24, 2.45) is 5.73 Å². The van der Waals surface area contributed by atoms with Gasteiger partial charge in [-0.05, 0) is 25.1 Å². The summed E-state index contributed by atoms with van der Waals surface area (Å²) < 4.78 is 1.61. The zero-order chi connectivity index (χ0) is 11.5. The molecule has 0 unspecified atom stereocenters. The van der Waals surface area contributed by atoms with Crippen LogP contribution in [-0.4, -0.2) is 4.57 Å². The van der Waals surface area contributed by atoms with E-state index in [0.29, 0.717) is 5.56 Å². The molecule has 82 valence electrons. The molecule has 0 radical (unpaired) electrons. The van der Waals surface area contributed by atoms with Crippen LogP contribution < -0.4 is 11.3 Å². The van der Waals surface area contributed by atoms with Gasteiger partial charge in [-0.3, -0.25) is 9.36 Å². The van der Waals surface area contributed by atoms with E-state index in [-0.39, 0.29) is 12.1 Å². The van der Waals surface area contributed by atoms with Crippen molar-refractivity contribution in [3.63, 3.8) is 0 Å². The van der Waals surface area contributed by atoms with E-state index in [1.807, 2.05) is 37.3 Å². The second-order valence-corrected chi connectivity index (χ2v) is 3.75. The van der Waals surface area contributed by atoms with Crippen molar-refractivity contribution in [3.05, 3.63) is 64.1 Å². The summed E-state index contributed by atoms with van der Waals surface area (Å²) in [5.74, 6) is 0. The number of benzene rings is 1. The van der Waals surface area contributed by atoms with E-state index >= 15 is 0 Å². The molecule has 0 aliphatic carbocycles. The van der Waals surface area contributed by atoms with Crippen LogP contribution in [0.25, 0.3) is 5.69 Å². The normalized spacial score (nSPS) is 10.4. The topological polar surface area (TPSA) is 48.0 Å². The molecule has 0 saturated heterocycles. The SMILES string of the molecule is Cc1ccc(-n2cccc(CN)c2=O)cc1. The number of nitrogens with zero attached hydrogens (tertiary/aromatic N) is 1. The minimum Gasteiger partial charge on any atom is -0.326 e. The fraction of sp³-hybridized carbons (Fsp3) is 0.154. The average Bonchev–Trinajstić information content (AvgIpc) is 2.31. The maximum atomic E-state index is 12.0. The van der Waals surface area contributed by atoms with Crippen molar-refractivity contribution in [1.82, 2.24) is 4.57 Å². The predicted octanol–water partition coefficient (Wildman–Crippen LogP) is 1.60. The summed E-state index contributed by atoms with van der Waals surface area (Å²) in [5.41, 5.74) is 8.13. The second kappa shape index (κ2) is 4.33. The van der Waals surface area contributed by atoms with Crippen LogP contribution in [0.3, 0.4) is 0 Å². The maximum absolute atomic E-state index is 12.0. The molecule has 16 heavy (non-hydrogen) atoms. The van der Waals surface area contributed by atoms with Gasteiger partial charge >= 0.3 is 0 Å². The number of pyridine rings is 1. The van der Waals surface area contributed by atoms with Crippen LogP contribution in [0.1, 0.15) is 11.1 Å². The van der Waals surface area contributed by atoms with E-state index in [1.54, 1.807) is 16.8 Å². The molecule has 0 bridgehead atoms. The van der Waals surface area contributed by atoms with E-state index in [4.69, 9.17) is 5.73 Å². The Morgan fingerprint density at radius 2 is 1.88 bits per heavy atom. The molecule has 3 nitrogen and oxygen atoms in total. The van der Waals surface area contributed by atoms with E-state index in [1.165, 1.54) is 5.56 Å². The average molecular weight is 214 g/mol. The predicted molar refractivity (Wildman–Crippen MR) is 64.7 cm³/mol. The molecule has 0 amide bonds. The lowest BCUT2D eigenvalue weighted by Crippen LogP contribution is -2.23. The van der Waals surface area contributed by atoms with Crippen LogP contribution in [0.5, 0.6) is 0 Å². The van der Waals surface area contributed by atoms with Crippen molar-refractivity contribution >= 4 is 0 Å². The van der Waals surface area contributed by atoms with Crippen molar-refractivity contribution < 1.29 is 0 Å². The van der Waals surface area contributed by atoms with Crippen molar-refractivity contribution in [2.75, 3.05) is 0 Å². The van der Waals surface area contributed by atoms with Crippen LogP contribution in [0.15, 0.2) is 47.4 Å². The van der Waals surface area contributed by atoms with Gasteiger partial charge in [-0.2, -0.15) is 0 Å². The molecule has 0 fully saturated rings. The van der Waals surface area contributed by atoms with E-state index in [2.05, 4.69) is 0 Å². The van der Waals surface area contributed by atoms with Gasteiger partial charge in [0.15, 0.2) is 0 Å². The summed E-state index contributed by atoms with van der Waals surface area (Å²) >= 11 is 0. The summed E-state index contributed by atoms with van der Waals surface area (Å²) in [4.78, 5) is 12.0. The lowest BCUT2D eigenvalue weighted by Gasteiger charge is -2.07. The largest absolute Gasteiger partial charge is 0.326 e. The third-order valence-corrected chi connectivity index (χ3v) is 2.56. The monoisotopic (exact) mass is 214 g/mol. The molecule has 2 aromatic rings. The molecular weight excluding hydrogens is 200 g/mol. The Hall–Kier alpha value is -1.87. The lowest BCUT2D eigenvalue weighted by atomic mass is 10.2. The highest BCUT2D eigenvalue weighted by molar-refractivity contribution is 5.35. The number of hydrogen-bond acceptors (Lipinski definition) is 2. The summed E-state index contributed by atoms with van der Waals surface area (Å²) in [6.07, 6.45) is 1.76. The second-order valence-electron chi connectivity index (χ2n) is 3.75. The molecule has 0 atom stereocenters. The third-order valence-electron chi connectivity index (χ3n) is 2.56. The first-order chi connectivity index (χ1) is 7.72. The standard InChI is InChI=1S/C13H14N2O/c1-10-4-6-12(7-5-10)15-8-2-3-11(9-14)13(15)16/h2-8H,9,14H2,1H3. The van der Waals surface area contributed by atoms with E-state index in [0.717, 1.165) is 5.69 Å². The highest BCUT2D eigenvalue weighted by atomic mass is 16.1. The molecule has 1 heterocycles. The highest BCUT2D eigenvalue weighted by Gasteiger charge is 2.02. The first-order valence-electron chi connectivity index (χ1n) is 5.20. The molecule has 1 aromatic heterocycles. The number of rotatable bonds is 2. The van der Waals surface area contributed by atoms with E-state index in [9.17, 15) is 4.79 Å². The molecule has 2 rings (SSSR count). The molecule has 0 spiro atoms. The summed E-state index contributed by atoms with van der Waals surface area (Å²) in [6, 6.07) is 11.4. The van der Waals surface area contributed by atoms with Crippen LogP contribution >= 0.6 is 0 Å². The summed E-state index contributed by atoms with van der Waals surface area (Å²) in [6.45, 7) is 2.29. The fourth-order valence-corrected chi connectivity index (χ4v) is 1.60. The van der Waals surface area contributed by atoms with Gasteiger partial charge in [-0.25, -0.2) is 0 Å². The highest BCUT2D eigenvalue weighted by Crippen LogP contribution is 2.07. The minimum absolute atomic E-state index is 0.0474.